The average Bonchev–Trinajstić information content (AvgIpc) is 2.80. The molecule has 35 heavy (non-hydrogen) atoms. The summed E-state index contributed by atoms with van der Waals surface area (Å²) in [6.45, 7) is 1.30. The lowest BCUT2D eigenvalue weighted by Gasteiger charge is -2.14. The van der Waals surface area contributed by atoms with Crippen LogP contribution in [0.15, 0.2) is 69.9 Å². The van der Waals surface area contributed by atoms with E-state index in [1.165, 1.54) is 36.4 Å². The summed E-state index contributed by atoms with van der Waals surface area (Å²) in [5.41, 5.74) is -0.617. The van der Waals surface area contributed by atoms with Crippen LogP contribution in [0.5, 0.6) is 5.75 Å². The van der Waals surface area contributed by atoms with Crippen molar-refractivity contribution in [2.75, 3.05) is 11.9 Å². The Bertz CT molecular complexity index is 1480. The Balaban J connectivity index is 1.64. The van der Waals surface area contributed by atoms with E-state index in [9.17, 15) is 22.8 Å². The lowest BCUT2D eigenvalue weighted by molar-refractivity contribution is -0.152. The van der Waals surface area contributed by atoms with Gasteiger partial charge >= 0.3 is 6.18 Å². The van der Waals surface area contributed by atoms with Gasteiger partial charge in [-0.1, -0.05) is 41.4 Å². The third-order valence-corrected chi connectivity index (χ3v) is 5.83. The fourth-order valence-corrected chi connectivity index (χ4v) is 3.72. The molecule has 0 atom stereocenters. The van der Waals surface area contributed by atoms with Crippen LogP contribution >= 0.6 is 23.2 Å². The van der Waals surface area contributed by atoms with Gasteiger partial charge in [-0.25, -0.2) is 0 Å². The average molecular weight is 522 g/mol. The molecule has 180 valence electrons. The number of anilines is 1. The highest BCUT2D eigenvalue weighted by atomic mass is 35.5. The van der Waals surface area contributed by atoms with Gasteiger partial charge in [-0.05, 0) is 54.4 Å². The zero-order chi connectivity index (χ0) is 25.3. The standard InChI is InChI=1S/C25H16Cl2F3NO4/c1-13-18(27)3-2-4-19(13)31-21(32)12-34-16-9-10-17-20(11-16)35-24(25(28,29)30)22(23(17)33)14-5-7-15(26)8-6-14/h2-11H,12H2,1H3,(H,31,32). The van der Waals surface area contributed by atoms with Gasteiger partial charge in [-0.15, -0.1) is 0 Å². The van der Waals surface area contributed by atoms with Gasteiger partial charge in [0, 0.05) is 21.8 Å². The zero-order valence-corrected chi connectivity index (χ0v) is 19.5. The van der Waals surface area contributed by atoms with E-state index in [0.29, 0.717) is 21.3 Å². The summed E-state index contributed by atoms with van der Waals surface area (Å²) in [6.07, 6.45) is -4.94. The predicted molar refractivity (Wildman–Crippen MR) is 128 cm³/mol. The number of benzene rings is 3. The molecule has 4 aromatic rings. The number of alkyl halides is 3. The number of halogens is 5. The van der Waals surface area contributed by atoms with E-state index in [0.717, 1.165) is 6.07 Å². The molecule has 4 rings (SSSR count). The molecule has 0 aliphatic rings. The van der Waals surface area contributed by atoms with E-state index in [-0.39, 0.29) is 22.3 Å². The lowest BCUT2D eigenvalue weighted by Crippen LogP contribution is -2.20. The van der Waals surface area contributed by atoms with Gasteiger partial charge in [-0.3, -0.25) is 9.59 Å². The van der Waals surface area contributed by atoms with Crippen molar-refractivity contribution in [1.82, 2.24) is 0 Å². The molecule has 1 N–H and O–H groups in total. The minimum atomic E-state index is -4.94. The molecule has 1 aromatic heterocycles. The summed E-state index contributed by atoms with van der Waals surface area (Å²) in [5, 5.41) is 3.36. The molecule has 0 bridgehead atoms. The maximum absolute atomic E-state index is 13.8. The molecule has 0 aliphatic carbocycles. The second-order valence-electron chi connectivity index (χ2n) is 7.55. The highest BCUT2D eigenvalue weighted by Crippen LogP contribution is 2.38. The first-order chi connectivity index (χ1) is 16.5. The quantitative estimate of drug-likeness (QED) is 0.303. The number of rotatable bonds is 5. The van der Waals surface area contributed by atoms with Crippen LogP contribution in [0.2, 0.25) is 10.0 Å². The Morgan fingerprint density at radius 3 is 2.46 bits per heavy atom. The van der Waals surface area contributed by atoms with E-state index >= 15 is 0 Å². The fourth-order valence-electron chi connectivity index (χ4n) is 3.42. The van der Waals surface area contributed by atoms with Crippen LogP contribution in [-0.4, -0.2) is 12.5 Å². The summed E-state index contributed by atoms with van der Waals surface area (Å²) < 4.78 is 51.9. The van der Waals surface area contributed by atoms with Crippen molar-refractivity contribution in [3.8, 4) is 16.9 Å². The predicted octanol–water partition coefficient (Wildman–Crippen LogP) is 7.11. The maximum Gasteiger partial charge on any atom is 0.450 e. The van der Waals surface area contributed by atoms with Gasteiger partial charge in [0.2, 0.25) is 11.2 Å². The van der Waals surface area contributed by atoms with Crippen molar-refractivity contribution < 1.29 is 27.1 Å². The summed E-state index contributed by atoms with van der Waals surface area (Å²) >= 11 is 11.9. The molecule has 10 heteroatoms. The van der Waals surface area contributed by atoms with Crippen molar-refractivity contribution in [2.45, 2.75) is 13.1 Å². The first-order valence-electron chi connectivity index (χ1n) is 10.2. The SMILES string of the molecule is Cc1c(Cl)cccc1NC(=O)COc1ccc2c(=O)c(-c3ccc(Cl)cc3)c(C(F)(F)F)oc2c1. The summed E-state index contributed by atoms with van der Waals surface area (Å²) in [5.74, 6) is -1.90. The number of amides is 1. The van der Waals surface area contributed by atoms with Crippen LogP contribution in [0.4, 0.5) is 18.9 Å². The van der Waals surface area contributed by atoms with Gasteiger partial charge in [0.25, 0.3) is 5.91 Å². The Kier molecular flexibility index (Phi) is 6.78. The molecule has 0 saturated heterocycles. The Labute approximate surface area is 207 Å². The van der Waals surface area contributed by atoms with Gasteiger partial charge in [0.05, 0.1) is 10.9 Å². The Hall–Kier alpha value is -3.49. The number of carbonyl (C=O) groups is 1. The number of nitrogens with one attached hydrogen (secondary N) is 1. The van der Waals surface area contributed by atoms with Crippen molar-refractivity contribution in [1.29, 1.82) is 0 Å². The molecule has 5 nitrogen and oxygen atoms in total. The Morgan fingerprint density at radius 1 is 1.06 bits per heavy atom. The van der Waals surface area contributed by atoms with Crippen LogP contribution < -0.4 is 15.5 Å². The smallest absolute Gasteiger partial charge is 0.450 e. The molecular formula is C25H16Cl2F3NO4. The van der Waals surface area contributed by atoms with Crippen LogP contribution in [0.3, 0.4) is 0 Å². The minimum Gasteiger partial charge on any atom is -0.484 e. The summed E-state index contributed by atoms with van der Waals surface area (Å²) in [7, 11) is 0. The largest absolute Gasteiger partial charge is 0.484 e. The molecule has 3 aromatic carbocycles. The van der Waals surface area contributed by atoms with E-state index in [4.69, 9.17) is 32.4 Å². The summed E-state index contributed by atoms with van der Waals surface area (Å²) in [6, 6.07) is 14.2. The number of carbonyl (C=O) groups excluding carboxylic acids is 1. The van der Waals surface area contributed by atoms with Crippen molar-refractivity contribution >= 4 is 45.8 Å². The molecule has 0 unspecified atom stereocenters. The lowest BCUT2D eigenvalue weighted by atomic mass is 10.0. The fraction of sp³-hybridized carbons (Fsp3) is 0.120. The van der Waals surface area contributed by atoms with Gasteiger partial charge < -0.3 is 14.5 Å². The van der Waals surface area contributed by atoms with E-state index in [1.807, 2.05) is 0 Å². The van der Waals surface area contributed by atoms with Gasteiger partial charge in [0.15, 0.2) is 6.61 Å². The van der Waals surface area contributed by atoms with Crippen molar-refractivity contribution in [2.24, 2.45) is 0 Å². The van der Waals surface area contributed by atoms with Crippen molar-refractivity contribution in [3.05, 3.63) is 92.3 Å². The number of fused-ring (bicyclic) bond motifs is 1. The van der Waals surface area contributed by atoms with Crippen LogP contribution in [0, 0.1) is 6.92 Å². The van der Waals surface area contributed by atoms with Crippen molar-refractivity contribution in [3.63, 3.8) is 0 Å². The molecule has 0 saturated carbocycles. The van der Waals surface area contributed by atoms with Crippen LogP contribution in [0.25, 0.3) is 22.1 Å². The minimum absolute atomic E-state index is 0.0191. The highest BCUT2D eigenvalue weighted by Gasteiger charge is 2.39. The molecule has 0 aliphatic heterocycles. The molecule has 1 amide bonds. The van der Waals surface area contributed by atoms with E-state index < -0.39 is 35.4 Å². The monoisotopic (exact) mass is 521 g/mol. The third kappa shape index (κ3) is 5.28. The summed E-state index contributed by atoms with van der Waals surface area (Å²) in [4.78, 5) is 25.3. The number of hydrogen-bond donors (Lipinski definition) is 1. The topological polar surface area (TPSA) is 68.5 Å². The van der Waals surface area contributed by atoms with E-state index in [1.54, 1.807) is 25.1 Å². The second kappa shape index (κ2) is 9.64. The second-order valence-corrected chi connectivity index (χ2v) is 8.39. The van der Waals surface area contributed by atoms with Crippen LogP contribution in [-0.2, 0) is 11.0 Å². The molecule has 0 radical (unpaired) electrons. The number of ether oxygens (including phenoxy) is 1. The van der Waals surface area contributed by atoms with Gasteiger partial charge in [0.1, 0.15) is 11.3 Å². The van der Waals surface area contributed by atoms with Gasteiger partial charge in [-0.2, -0.15) is 13.2 Å². The molecule has 0 fully saturated rings. The molecule has 1 heterocycles. The highest BCUT2D eigenvalue weighted by molar-refractivity contribution is 6.31. The number of hydrogen-bond acceptors (Lipinski definition) is 4. The molecule has 0 spiro atoms. The van der Waals surface area contributed by atoms with Crippen LogP contribution in [0.1, 0.15) is 11.3 Å². The normalized spacial score (nSPS) is 11.5. The third-order valence-electron chi connectivity index (χ3n) is 5.17. The molecular weight excluding hydrogens is 506 g/mol. The zero-order valence-electron chi connectivity index (χ0n) is 18.0. The first kappa shape index (κ1) is 24.6. The van der Waals surface area contributed by atoms with E-state index in [2.05, 4.69) is 5.32 Å². The first-order valence-corrected chi connectivity index (χ1v) is 10.9. The maximum atomic E-state index is 13.8. The Morgan fingerprint density at radius 2 is 1.77 bits per heavy atom.